The van der Waals surface area contributed by atoms with Gasteiger partial charge < -0.3 is 15.8 Å². The van der Waals surface area contributed by atoms with Crippen LogP contribution in [0.1, 0.15) is 63.0 Å². The normalized spacial score (nSPS) is 13.5. The second-order valence-corrected chi connectivity index (χ2v) is 7.33. The Bertz CT molecular complexity index is 1030. The Morgan fingerprint density at radius 1 is 0.966 bits per heavy atom. The molecule has 0 bridgehead atoms. The topological polar surface area (TPSA) is 116 Å². The quantitative estimate of drug-likeness (QED) is 0.507. The summed E-state index contributed by atoms with van der Waals surface area (Å²) in [5.41, 5.74) is 6.55. The molecule has 0 spiro atoms. The number of ether oxygens (including phenoxy) is 1. The average Bonchev–Trinajstić information content (AvgIpc) is 2.70. The van der Waals surface area contributed by atoms with Gasteiger partial charge in [-0.2, -0.15) is 0 Å². The van der Waals surface area contributed by atoms with Crippen LogP contribution in [0.25, 0.3) is 0 Å². The van der Waals surface area contributed by atoms with Gasteiger partial charge in [-0.05, 0) is 25.0 Å². The van der Waals surface area contributed by atoms with Gasteiger partial charge in [-0.1, -0.05) is 38.1 Å². The number of benzene rings is 2. The van der Waals surface area contributed by atoms with E-state index in [-0.39, 0.29) is 45.7 Å². The first-order chi connectivity index (χ1) is 13.7. The summed E-state index contributed by atoms with van der Waals surface area (Å²) in [6.45, 7) is 5.30. The van der Waals surface area contributed by atoms with Crippen molar-refractivity contribution < 1.29 is 23.9 Å². The van der Waals surface area contributed by atoms with E-state index in [1.807, 2.05) is 20.8 Å². The number of rotatable bonds is 5. The van der Waals surface area contributed by atoms with Crippen molar-refractivity contribution in [2.75, 3.05) is 12.3 Å². The van der Waals surface area contributed by atoms with Crippen molar-refractivity contribution in [1.82, 2.24) is 5.32 Å². The summed E-state index contributed by atoms with van der Waals surface area (Å²) in [6, 6.07) is 9.11. The molecule has 0 saturated carbocycles. The molecule has 0 heterocycles. The molecule has 0 aromatic heterocycles. The molecular formula is C22H22N2O5. The zero-order valence-electron chi connectivity index (χ0n) is 16.4. The molecule has 150 valence electrons. The third-order valence-electron chi connectivity index (χ3n) is 5.08. The van der Waals surface area contributed by atoms with Crippen molar-refractivity contribution in [3.63, 3.8) is 0 Å². The van der Waals surface area contributed by atoms with Crippen LogP contribution < -0.4 is 11.1 Å². The fourth-order valence-electron chi connectivity index (χ4n) is 3.06. The lowest BCUT2D eigenvalue weighted by atomic mass is 9.82. The Labute approximate surface area is 168 Å². The molecule has 1 aliphatic rings. The van der Waals surface area contributed by atoms with Crippen molar-refractivity contribution in [3.8, 4) is 0 Å². The van der Waals surface area contributed by atoms with E-state index in [1.54, 1.807) is 24.3 Å². The SMILES string of the molecule is CC(C)[C@@H](C)NC(=O)COC(=O)c1ccc2c(c1N)C(=O)c1ccccc1C2=O. The molecule has 0 radical (unpaired) electrons. The van der Waals surface area contributed by atoms with E-state index >= 15 is 0 Å². The van der Waals surface area contributed by atoms with Gasteiger partial charge >= 0.3 is 5.97 Å². The number of anilines is 1. The highest BCUT2D eigenvalue weighted by Gasteiger charge is 2.33. The number of hydrogen-bond acceptors (Lipinski definition) is 6. The first kappa shape index (κ1) is 20.3. The van der Waals surface area contributed by atoms with Crippen molar-refractivity contribution in [2.24, 2.45) is 5.92 Å². The van der Waals surface area contributed by atoms with Crippen LogP contribution in [0.2, 0.25) is 0 Å². The van der Waals surface area contributed by atoms with Gasteiger partial charge in [-0.25, -0.2) is 4.79 Å². The molecule has 2 aromatic rings. The monoisotopic (exact) mass is 394 g/mol. The first-order valence-corrected chi connectivity index (χ1v) is 9.29. The number of fused-ring (bicyclic) bond motifs is 2. The lowest BCUT2D eigenvalue weighted by Crippen LogP contribution is -2.38. The minimum atomic E-state index is -0.836. The van der Waals surface area contributed by atoms with Gasteiger partial charge in [-0.15, -0.1) is 0 Å². The highest BCUT2D eigenvalue weighted by Crippen LogP contribution is 2.32. The summed E-state index contributed by atoms with van der Waals surface area (Å²) in [5.74, 6) is -1.79. The van der Waals surface area contributed by atoms with Crippen molar-refractivity contribution in [3.05, 3.63) is 64.2 Å². The Morgan fingerprint density at radius 2 is 1.59 bits per heavy atom. The summed E-state index contributed by atoms with van der Waals surface area (Å²) in [6.07, 6.45) is 0. The number of nitrogens with one attached hydrogen (secondary N) is 1. The number of carbonyl (C=O) groups is 4. The molecule has 1 amide bonds. The van der Waals surface area contributed by atoms with Crippen LogP contribution in [0.15, 0.2) is 36.4 Å². The van der Waals surface area contributed by atoms with E-state index in [9.17, 15) is 19.2 Å². The molecule has 1 aliphatic carbocycles. The van der Waals surface area contributed by atoms with Gasteiger partial charge in [0.2, 0.25) is 0 Å². The van der Waals surface area contributed by atoms with Gasteiger partial charge in [0.25, 0.3) is 5.91 Å². The van der Waals surface area contributed by atoms with Gasteiger partial charge in [0, 0.05) is 22.7 Å². The molecule has 3 rings (SSSR count). The lowest BCUT2D eigenvalue weighted by molar-refractivity contribution is -0.125. The van der Waals surface area contributed by atoms with Crippen molar-refractivity contribution >= 4 is 29.1 Å². The first-order valence-electron chi connectivity index (χ1n) is 9.29. The van der Waals surface area contributed by atoms with Crippen LogP contribution in [0.5, 0.6) is 0 Å². The fraction of sp³-hybridized carbons (Fsp3) is 0.273. The third-order valence-corrected chi connectivity index (χ3v) is 5.08. The van der Waals surface area contributed by atoms with E-state index in [2.05, 4.69) is 5.32 Å². The summed E-state index contributed by atoms with van der Waals surface area (Å²) in [4.78, 5) is 49.9. The van der Waals surface area contributed by atoms with E-state index in [0.717, 1.165) is 0 Å². The molecule has 0 aliphatic heterocycles. The molecule has 0 fully saturated rings. The predicted octanol–water partition coefficient (Wildman–Crippen LogP) is 2.36. The molecule has 2 aromatic carbocycles. The minimum Gasteiger partial charge on any atom is -0.452 e. The van der Waals surface area contributed by atoms with Gasteiger partial charge in [0.05, 0.1) is 16.8 Å². The predicted molar refractivity (Wildman–Crippen MR) is 107 cm³/mol. The van der Waals surface area contributed by atoms with Crippen LogP contribution in [-0.4, -0.2) is 36.1 Å². The van der Waals surface area contributed by atoms with E-state index in [0.29, 0.717) is 5.56 Å². The highest BCUT2D eigenvalue weighted by molar-refractivity contribution is 6.30. The van der Waals surface area contributed by atoms with Gasteiger partial charge in [0.1, 0.15) is 0 Å². The number of nitrogen functional groups attached to an aromatic ring is 1. The zero-order valence-corrected chi connectivity index (χ0v) is 16.4. The summed E-state index contributed by atoms with van der Waals surface area (Å²) < 4.78 is 5.05. The standard InChI is InChI=1S/C22H22N2O5/c1-11(2)12(3)24-17(25)10-29-22(28)16-9-8-15-18(19(16)23)21(27)14-7-5-4-6-13(14)20(15)26/h4-9,11-12H,10,23H2,1-3H3,(H,24,25)/t12-/m1/s1. The van der Waals surface area contributed by atoms with E-state index in [4.69, 9.17) is 10.5 Å². The number of amides is 1. The molecular weight excluding hydrogens is 372 g/mol. The van der Waals surface area contributed by atoms with E-state index < -0.39 is 24.3 Å². The molecule has 0 unspecified atom stereocenters. The summed E-state index contributed by atoms with van der Waals surface area (Å²) in [7, 11) is 0. The smallest absolute Gasteiger partial charge is 0.340 e. The highest BCUT2D eigenvalue weighted by atomic mass is 16.5. The lowest BCUT2D eigenvalue weighted by Gasteiger charge is -2.20. The molecule has 3 N–H and O–H groups in total. The van der Waals surface area contributed by atoms with E-state index in [1.165, 1.54) is 12.1 Å². The Balaban J connectivity index is 1.82. The molecule has 7 heteroatoms. The summed E-state index contributed by atoms with van der Waals surface area (Å²) in [5, 5.41) is 2.73. The Hall–Kier alpha value is -3.48. The molecule has 1 atom stereocenters. The van der Waals surface area contributed by atoms with Crippen LogP contribution in [0.4, 0.5) is 5.69 Å². The van der Waals surface area contributed by atoms with Crippen LogP contribution >= 0.6 is 0 Å². The Kier molecular flexibility index (Phi) is 5.50. The number of carbonyl (C=O) groups excluding carboxylic acids is 4. The molecule has 0 saturated heterocycles. The van der Waals surface area contributed by atoms with Gasteiger partial charge in [-0.3, -0.25) is 14.4 Å². The summed E-state index contributed by atoms with van der Waals surface area (Å²) >= 11 is 0. The minimum absolute atomic E-state index is 0.0129. The second kappa shape index (κ2) is 7.87. The maximum Gasteiger partial charge on any atom is 0.340 e. The zero-order chi connectivity index (χ0) is 21.3. The van der Waals surface area contributed by atoms with Crippen molar-refractivity contribution in [1.29, 1.82) is 0 Å². The second-order valence-electron chi connectivity index (χ2n) is 7.33. The van der Waals surface area contributed by atoms with Crippen molar-refractivity contribution in [2.45, 2.75) is 26.8 Å². The third kappa shape index (κ3) is 3.76. The number of nitrogens with two attached hydrogens (primary N) is 1. The molecule has 7 nitrogen and oxygen atoms in total. The van der Waals surface area contributed by atoms with Crippen LogP contribution in [0.3, 0.4) is 0 Å². The van der Waals surface area contributed by atoms with Gasteiger partial charge in [0.15, 0.2) is 18.2 Å². The fourth-order valence-corrected chi connectivity index (χ4v) is 3.06. The number of ketones is 2. The Morgan fingerprint density at radius 3 is 2.21 bits per heavy atom. The maximum atomic E-state index is 12.9. The number of esters is 1. The number of hydrogen-bond donors (Lipinski definition) is 2. The maximum absolute atomic E-state index is 12.9. The molecule has 29 heavy (non-hydrogen) atoms. The van der Waals surface area contributed by atoms with Crippen LogP contribution in [-0.2, 0) is 9.53 Å². The average molecular weight is 394 g/mol. The van der Waals surface area contributed by atoms with Crippen LogP contribution in [0, 0.1) is 5.92 Å². The largest absolute Gasteiger partial charge is 0.452 e.